The van der Waals surface area contributed by atoms with Gasteiger partial charge in [-0.15, -0.1) is 0 Å². The third-order valence-corrected chi connectivity index (χ3v) is 9.92. The Labute approximate surface area is 183 Å². The molecule has 0 saturated heterocycles. The van der Waals surface area contributed by atoms with E-state index in [9.17, 15) is 21.6 Å². The number of anilines is 4. The highest BCUT2D eigenvalue weighted by Crippen LogP contribution is 2.57. The Balaban J connectivity index is 1.76. The fraction of sp³-hybridized carbons (Fsp3) is 0. The molecule has 0 unspecified atom stereocenters. The second-order valence-corrected chi connectivity index (χ2v) is 11.6. The first-order valence-corrected chi connectivity index (χ1v) is 12.7. The maximum atomic E-state index is 14.0. The van der Waals surface area contributed by atoms with Crippen LogP contribution in [0.25, 0.3) is 10.8 Å². The number of benzene rings is 4. The lowest BCUT2D eigenvalue weighted by molar-refractivity contribution is 0.255. The van der Waals surface area contributed by atoms with Crippen LogP contribution < -0.4 is 9.80 Å². The molecule has 9 heteroatoms. The molecule has 32 heavy (non-hydrogen) atoms. The molecular formula is C23H12N2O5S2. The lowest BCUT2D eigenvalue weighted by atomic mass is 10.0. The molecule has 0 N–H and O–H groups in total. The highest BCUT2D eigenvalue weighted by Gasteiger charge is 2.48. The quantitative estimate of drug-likeness (QED) is 0.384. The van der Waals surface area contributed by atoms with Crippen molar-refractivity contribution in [1.29, 1.82) is 0 Å². The van der Waals surface area contributed by atoms with Gasteiger partial charge in [0, 0.05) is 5.39 Å². The molecule has 0 fully saturated rings. The van der Waals surface area contributed by atoms with Gasteiger partial charge in [0.2, 0.25) is 19.7 Å². The maximum absolute atomic E-state index is 14.0. The lowest BCUT2D eigenvalue weighted by Crippen LogP contribution is -2.45. The molecule has 3 aliphatic heterocycles. The molecule has 156 valence electrons. The summed E-state index contributed by atoms with van der Waals surface area (Å²) in [6.07, 6.45) is 0. The summed E-state index contributed by atoms with van der Waals surface area (Å²) in [6, 6.07) is 18.5. The fourth-order valence-electron chi connectivity index (χ4n) is 4.93. The number of carbonyl (C=O) groups is 1. The van der Waals surface area contributed by atoms with E-state index < -0.39 is 25.7 Å². The maximum Gasteiger partial charge on any atom is 0.338 e. The minimum atomic E-state index is -3.90. The highest BCUT2D eigenvalue weighted by molar-refractivity contribution is 7.92. The predicted molar refractivity (Wildman–Crippen MR) is 117 cm³/mol. The van der Waals surface area contributed by atoms with Crippen molar-refractivity contribution in [2.24, 2.45) is 0 Å². The van der Waals surface area contributed by atoms with Crippen molar-refractivity contribution in [2.45, 2.75) is 19.6 Å². The van der Waals surface area contributed by atoms with Crippen LogP contribution >= 0.6 is 0 Å². The van der Waals surface area contributed by atoms with Crippen LogP contribution in [0, 0.1) is 0 Å². The van der Waals surface area contributed by atoms with E-state index in [2.05, 4.69) is 0 Å². The van der Waals surface area contributed by atoms with Crippen LogP contribution in [0.3, 0.4) is 0 Å². The summed E-state index contributed by atoms with van der Waals surface area (Å²) >= 11 is 0. The molecule has 7 nitrogen and oxygen atoms in total. The van der Waals surface area contributed by atoms with Crippen LogP contribution in [-0.2, 0) is 19.7 Å². The Morgan fingerprint density at radius 3 is 1.44 bits per heavy atom. The molecule has 0 aliphatic carbocycles. The molecule has 0 spiro atoms. The second kappa shape index (κ2) is 5.37. The van der Waals surface area contributed by atoms with E-state index in [1.807, 2.05) is 0 Å². The zero-order chi connectivity index (χ0) is 22.0. The molecular weight excluding hydrogens is 448 g/mol. The molecule has 4 aromatic carbocycles. The number of rotatable bonds is 0. The number of sulfone groups is 2. The number of carbonyl (C=O) groups excluding carboxylic acids is 1. The average molecular weight is 460 g/mol. The summed E-state index contributed by atoms with van der Waals surface area (Å²) in [7, 11) is -7.80. The first-order chi connectivity index (χ1) is 15.3. The number of nitrogens with zero attached hydrogens (tertiary/aromatic N) is 2. The van der Waals surface area contributed by atoms with Gasteiger partial charge in [0.15, 0.2) is 0 Å². The third-order valence-electron chi connectivity index (χ3n) is 6.26. The van der Waals surface area contributed by atoms with Gasteiger partial charge < -0.3 is 0 Å². The Bertz CT molecular complexity index is 1670. The molecule has 0 saturated carbocycles. The Hall–Kier alpha value is -3.69. The molecule has 0 bridgehead atoms. The van der Waals surface area contributed by atoms with Crippen LogP contribution in [0.5, 0.6) is 0 Å². The van der Waals surface area contributed by atoms with Gasteiger partial charge in [-0.3, -0.25) is 9.80 Å². The van der Waals surface area contributed by atoms with E-state index >= 15 is 0 Å². The monoisotopic (exact) mass is 460 g/mol. The number of urea groups is 1. The van der Waals surface area contributed by atoms with Crippen LogP contribution in [0.1, 0.15) is 0 Å². The van der Waals surface area contributed by atoms with E-state index in [0.717, 1.165) is 0 Å². The normalized spacial score (nSPS) is 18.3. The van der Waals surface area contributed by atoms with Crippen molar-refractivity contribution in [2.75, 3.05) is 9.80 Å². The van der Waals surface area contributed by atoms with Crippen molar-refractivity contribution >= 4 is 59.2 Å². The van der Waals surface area contributed by atoms with E-state index in [1.54, 1.807) is 48.5 Å². The molecule has 3 heterocycles. The van der Waals surface area contributed by atoms with E-state index in [0.29, 0.717) is 10.8 Å². The van der Waals surface area contributed by atoms with Gasteiger partial charge in [-0.2, -0.15) is 0 Å². The molecule has 2 amide bonds. The number of hydrogen-bond acceptors (Lipinski definition) is 5. The molecule has 0 aromatic heterocycles. The summed E-state index contributed by atoms with van der Waals surface area (Å²) in [4.78, 5) is 16.8. The van der Waals surface area contributed by atoms with Gasteiger partial charge >= 0.3 is 6.03 Å². The van der Waals surface area contributed by atoms with E-state index in [1.165, 1.54) is 34.1 Å². The fourth-order valence-corrected chi connectivity index (χ4v) is 8.18. The molecule has 0 atom stereocenters. The van der Waals surface area contributed by atoms with Crippen molar-refractivity contribution in [1.82, 2.24) is 0 Å². The van der Waals surface area contributed by atoms with E-state index in [4.69, 9.17) is 0 Å². The van der Waals surface area contributed by atoms with Crippen molar-refractivity contribution in [3.05, 3.63) is 72.8 Å². The Kier molecular flexibility index (Phi) is 3.01. The number of amides is 2. The largest absolute Gasteiger partial charge is 0.338 e. The first kappa shape index (κ1) is 17.9. The topological polar surface area (TPSA) is 91.8 Å². The summed E-state index contributed by atoms with van der Waals surface area (Å²) in [5.74, 6) is 0. The smallest absolute Gasteiger partial charge is 0.259 e. The number of fused-ring (bicyclic) bond motifs is 4. The lowest BCUT2D eigenvalue weighted by Gasteiger charge is -2.43. The number of hydrogen-bond donors (Lipinski definition) is 0. The van der Waals surface area contributed by atoms with E-state index in [-0.39, 0.29) is 42.3 Å². The van der Waals surface area contributed by atoms with Crippen LogP contribution in [0.4, 0.5) is 27.5 Å². The molecule has 3 aliphatic rings. The summed E-state index contributed by atoms with van der Waals surface area (Å²) in [5.41, 5.74) is 0.904. The standard InChI is InChI=1S/C23H12N2O5S2/c26-23-24-14-5-1-3-7-16(14)31(27,28)18-11-9-13-10-12-19-22(20(13)21(18)24)25(23)15-6-2-4-8-17(15)32(19,29)30/h1-12H. The van der Waals surface area contributed by atoms with Gasteiger partial charge in [0.25, 0.3) is 0 Å². The second-order valence-electron chi connectivity index (χ2n) is 7.82. The van der Waals surface area contributed by atoms with Crippen LogP contribution in [0.2, 0.25) is 0 Å². The zero-order valence-corrected chi connectivity index (χ0v) is 17.8. The minimum Gasteiger partial charge on any atom is -0.259 e. The molecule has 4 aromatic rings. The first-order valence-electron chi connectivity index (χ1n) is 9.75. The van der Waals surface area contributed by atoms with Gasteiger partial charge in [-0.1, -0.05) is 36.4 Å². The summed E-state index contributed by atoms with van der Waals surface area (Å²) in [5, 5.41) is 1.07. The van der Waals surface area contributed by atoms with Crippen molar-refractivity contribution in [3.63, 3.8) is 0 Å². The predicted octanol–water partition coefficient (Wildman–Crippen LogP) is 4.54. The third kappa shape index (κ3) is 1.82. The SMILES string of the molecule is O=C1N2c3ccccc3S(=O)(=O)c3ccc4ccc5c(c4c32)N1c1ccccc1S5(=O)=O. The Morgan fingerprint density at radius 2 is 0.969 bits per heavy atom. The average Bonchev–Trinajstić information content (AvgIpc) is 2.78. The summed E-state index contributed by atoms with van der Waals surface area (Å²) < 4.78 is 53.7. The van der Waals surface area contributed by atoms with Crippen molar-refractivity contribution in [3.8, 4) is 0 Å². The van der Waals surface area contributed by atoms with Crippen molar-refractivity contribution < 1.29 is 21.6 Å². The van der Waals surface area contributed by atoms with Gasteiger partial charge in [0.1, 0.15) is 0 Å². The van der Waals surface area contributed by atoms with Crippen LogP contribution in [-0.4, -0.2) is 22.9 Å². The van der Waals surface area contributed by atoms with Gasteiger partial charge in [0.05, 0.1) is 42.3 Å². The molecule has 7 rings (SSSR count). The Morgan fingerprint density at radius 1 is 0.531 bits per heavy atom. The summed E-state index contributed by atoms with van der Waals surface area (Å²) in [6.45, 7) is 0. The zero-order valence-electron chi connectivity index (χ0n) is 16.2. The van der Waals surface area contributed by atoms with Gasteiger partial charge in [-0.05, 0) is 41.8 Å². The number of para-hydroxylation sites is 2. The van der Waals surface area contributed by atoms with Gasteiger partial charge in [-0.25, -0.2) is 21.6 Å². The minimum absolute atomic E-state index is 0.0126. The van der Waals surface area contributed by atoms with Crippen LogP contribution in [0.15, 0.2) is 92.4 Å². The highest BCUT2D eigenvalue weighted by atomic mass is 32.2. The molecule has 0 radical (unpaired) electrons.